The second-order valence-corrected chi connectivity index (χ2v) is 6.30. The summed E-state index contributed by atoms with van der Waals surface area (Å²) in [5, 5.41) is 11.1. The second kappa shape index (κ2) is 5.56. The van der Waals surface area contributed by atoms with Gasteiger partial charge in [-0.15, -0.1) is 11.3 Å². The fraction of sp³-hybridized carbons (Fsp3) is 0.267. The molecule has 1 aromatic heterocycles. The summed E-state index contributed by atoms with van der Waals surface area (Å²) >= 11 is 7.89. The number of hydrogen-bond donors (Lipinski definition) is 1. The van der Waals surface area contributed by atoms with Crippen LogP contribution in [0.1, 0.15) is 11.3 Å². The van der Waals surface area contributed by atoms with Gasteiger partial charge in [-0.2, -0.15) is 0 Å². The van der Waals surface area contributed by atoms with Gasteiger partial charge in [-0.25, -0.2) is 0 Å². The number of thiophene rings is 1. The van der Waals surface area contributed by atoms with Gasteiger partial charge in [-0.05, 0) is 18.6 Å². The van der Waals surface area contributed by atoms with Gasteiger partial charge in [-0.3, -0.25) is 4.79 Å². The number of likely N-dealkylation sites (tertiary alicyclic amines) is 1. The van der Waals surface area contributed by atoms with E-state index in [2.05, 4.69) is 0 Å². The zero-order valence-electron chi connectivity index (χ0n) is 10.8. The first kappa shape index (κ1) is 13.6. The fourth-order valence-electron chi connectivity index (χ4n) is 2.33. The normalized spacial score (nSPS) is 19.3. The van der Waals surface area contributed by atoms with Crippen molar-refractivity contribution >= 4 is 45.0 Å². The molecule has 0 saturated carbocycles. The Balaban J connectivity index is 1.80. The largest absolute Gasteiger partial charge is 0.391 e. The third-order valence-electron chi connectivity index (χ3n) is 3.41. The summed E-state index contributed by atoms with van der Waals surface area (Å²) in [5.74, 6) is -0.0740. The number of amides is 1. The van der Waals surface area contributed by atoms with Gasteiger partial charge in [0.25, 0.3) is 0 Å². The van der Waals surface area contributed by atoms with Crippen molar-refractivity contribution < 1.29 is 9.90 Å². The topological polar surface area (TPSA) is 40.5 Å². The van der Waals surface area contributed by atoms with E-state index >= 15 is 0 Å². The average molecular weight is 308 g/mol. The molecular formula is C15H14ClNO2S. The van der Waals surface area contributed by atoms with E-state index in [1.165, 1.54) is 6.08 Å². The zero-order chi connectivity index (χ0) is 14.1. The molecule has 2 aromatic rings. The van der Waals surface area contributed by atoms with Crippen LogP contribution in [-0.4, -0.2) is 35.1 Å². The number of hydrogen-bond acceptors (Lipinski definition) is 3. The highest BCUT2D eigenvalue weighted by atomic mass is 35.5. The lowest BCUT2D eigenvalue weighted by Crippen LogP contribution is -2.27. The first-order valence-corrected chi connectivity index (χ1v) is 7.66. The minimum Gasteiger partial charge on any atom is -0.391 e. The molecule has 1 aliphatic heterocycles. The van der Waals surface area contributed by atoms with Crippen LogP contribution < -0.4 is 0 Å². The molecule has 0 radical (unpaired) electrons. The van der Waals surface area contributed by atoms with Crippen molar-refractivity contribution in [2.45, 2.75) is 12.5 Å². The molecule has 0 spiro atoms. The van der Waals surface area contributed by atoms with Crippen molar-refractivity contribution in [3.63, 3.8) is 0 Å². The lowest BCUT2D eigenvalue weighted by Gasteiger charge is -2.12. The van der Waals surface area contributed by atoms with E-state index in [9.17, 15) is 9.90 Å². The predicted octanol–water partition coefficient (Wildman–Crippen LogP) is 3.16. The Morgan fingerprint density at radius 2 is 2.25 bits per heavy atom. The summed E-state index contributed by atoms with van der Waals surface area (Å²) in [7, 11) is 0. The standard InChI is InChI=1S/C15H14ClNO2S/c16-15-11-3-1-2-4-12(11)20-13(15)5-6-14(19)17-8-7-10(18)9-17/h1-6,10,18H,7-9H2/t10-/m0/s1. The summed E-state index contributed by atoms with van der Waals surface area (Å²) in [4.78, 5) is 14.5. The molecule has 3 nitrogen and oxygen atoms in total. The molecule has 1 aliphatic rings. The highest BCUT2D eigenvalue weighted by Gasteiger charge is 2.22. The molecule has 1 saturated heterocycles. The zero-order valence-corrected chi connectivity index (χ0v) is 12.3. The number of rotatable bonds is 2. The van der Waals surface area contributed by atoms with Gasteiger partial charge < -0.3 is 10.0 Å². The van der Waals surface area contributed by atoms with E-state index in [1.807, 2.05) is 24.3 Å². The number of β-amino-alcohol motifs (C(OH)–C–C–N with tert-alkyl or cyclic N) is 1. The summed E-state index contributed by atoms with van der Waals surface area (Å²) in [6.45, 7) is 1.04. The van der Waals surface area contributed by atoms with Crippen molar-refractivity contribution in [1.29, 1.82) is 0 Å². The maximum atomic E-state index is 12.0. The fourth-order valence-corrected chi connectivity index (χ4v) is 3.73. The Morgan fingerprint density at radius 1 is 1.45 bits per heavy atom. The van der Waals surface area contributed by atoms with Gasteiger partial charge in [0.15, 0.2) is 0 Å². The van der Waals surface area contributed by atoms with Gasteiger partial charge >= 0.3 is 0 Å². The number of halogens is 1. The summed E-state index contributed by atoms with van der Waals surface area (Å²) in [5.41, 5.74) is 0. The maximum absolute atomic E-state index is 12.0. The Labute approximate surface area is 126 Å². The molecule has 1 aromatic carbocycles. The van der Waals surface area contributed by atoms with Crippen LogP contribution in [0.5, 0.6) is 0 Å². The molecule has 2 heterocycles. The van der Waals surface area contributed by atoms with Gasteiger partial charge in [0.2, 0.25) is 5.91 Å². The molecule has 1 amide bonds. The van der Waals surface area contributed by atoms with Crippen LogP contribution in [0.4, 0.5) is 0 Å². The average Bonchev–Trinajstić information content (AvgIpc) is 3.01. The minimum atomic E-state index is -0.389. The van der Waals surface area contributed by atoms with Crippen LogP contribution in [0.3, 0.4) is 0 Å². The first-order valence-electron chi connectivity index (χ1n) is 6.47. The van der Waals surface area contributed by atoms with Crippen LogP contribution >= 0.6 is 22.9 Å². The monoisotopic (exact) mass is 307 g/mol. The molecule has 104 valence electrons. The molecule has 1 N–H and O–H groups in total. The Morgan fingerprint density at radius 3 is 2.95 bits per heavy atom. The van der Waals surface area contributed by atoms with Gasteiger partial charge in [0, 0.05) is 34.1 Å². The van der Waals surface area contributed by atoms with E-state index < -0.39 is 0 Å². The number of nitrogens with zero attached hydrogens (tertiary/aromatic N) is 1. The SMILES string of the molecule is O=C(C=Cc1sc2ccccc2c1Cl)N1CC[C@H](O)C1. The number of aliphatic hydroxyl groups excluding tert-OH is 1. The van der Waals surface area contributed by atoms with Crippen molar-refractivity contribution in [1.82, 2.24) is 4.90 Å². The Kier molecular flexibility index (Phi) is 3.78. The number of aliphatic hydroxyl groups is 1. The maximum Gasteiger partial charge on any atom is 0.246 e. The molecule has 20 heavy (non-hydrogen) atoms. The van der Waals surface area contributed by atoms with Crippen molar-refractivity contribution in [3.05, 3.63) is 40.2 Å². The number of carbonyl (C=O) groups is 1. The molecule has 0 bridgehead atoms. The smallest absolute Gasteiger partial charge is 0.246 e. The third-order valence-corrected chi connectivity index (χ3v) is 5.07. The molecule has 1 atom stereocenters. The quantitative estimate of drug-likeness (QED) is 0.866. The van der Waals surface area contributed by atoms with Gasteiger partial charge in [0.05, 0.1) is 11.1 Å². The van der Waals surface area contributed by atoms with Crippen molar-refractivity contribution in [2.24, 2.45) is 0 Å². The van der Waals surface area contributed by atoms with Crippen LogP contribution in [0, 0.1) is 0 Å². The lowest BCUT2D eigenvalue weighted by molar-refractivity contribution is -0.125. The summed E-state index contributed by atoms with van der Waals surface area (Å²) < 4.78 is 1.11. The van der Waals surface area contributed by atoms with Crippen LogP contribution in [0.15, 0.2) is 30.3 Å². The molecule has 0 unspecified atom stereocenters. The van der Waals surface area contributed by atoms with Gasteiger partial charge in [0.1, 0.15) is 0 Å². The lowest BCUT2D eigenvalue weighted by atomic mass is 10.2. The Bertz CT molecular complexity index is 680. The third kappa shape index (κ3) is 2.59. The van der Waals surface area contributed by atoms with Crippen LogP contribution in [0.2, 0.25) is 5.02 Å². The minimum absolute atomic E-state index is 0.0740. The van der Waals surface area contributed by atoms with Gasteiger partial charge in [-0.1, -0.05) is 29.8 Å². The summed E-state index contributed by atoms with van der Waals surface area (Å²) in [6.07, 6.45) is 3.57. The van der Waals surface area contributed by atoms with E-state index in [1.54, 1.807) is 22.3 Å². The molecule has 5 heteroatoms. The Hall–Kier alpha value is -1.36. The van der Waals surface area contributed by atoms with E-state index in [0.717, 1.165) is 15.0 Å². The van der Waals surface area contributed by atoms with Crippen LogP contribution in [0.25, 0.3) is 16.2 Å². The van der Waals surface area contributed by atoms with Crippen molar-refractivity contribution in [3.8, 4) is 0 Å². The first-order chi connectivity index (χ1) is 9.65. The molecule has 3 rings (SSSR count). The summed E-state index contributed by atoms with van der Waals surface area (Å²) in [6, 6.07) is 7.91. The molecule has 1 fully saturated rings. The predicted molar refractivity (Wildman–Crippen MR) is 83.1 cm³/mol. The van der Waals surface area contributed by atoms with E-state index in [4.69, 9.17) is 11.6 Å². The number of benzene rings is 1. The highest BCUT2D eigenvalue weighted by Crippen LogP contribution is 2.35. The number of fused-ring (bicyclic) bond motifs is 1. The molecule has 0 aliphatic carbocycles. The number of carbonyl (C=O) groups excluding carboxylic acids is 1. The molecular weight excluding hydrogens is 294 g/mol. The van der Waals surface area contributed by atoms with E-state index in [-0.39, 0.29) is 12.0 Å². The van der Waals surface area contributed by atoms with Crippen molar-refractivity contribution in [2.75, 3.05) is 13.1 Å². The van der Waals surface area contributed by atoms with E-state index in [0.29, 0.717) is 24.5 Å². The second-order valence-electron chi connectivity index (χ2n) is 4.84. The van der Waals surface area contributed by atoms with Crippen LogP contribution in [-0.2, 0) is 4.79 Å². The highest BCUT2D eigenvalue weighted by molar-refractivity contribution is 7.20.